The van der Waals surface area contributed by atoms with E-state index in [0.29, 0.717) is 17.0 Å². The van der Waals surface area contributed by atoms with Crippen LogP contribution in [0.4, 0.5) is 5.00 Å². The van der Waals surface area contributed by atoms with Gasteiger partial charge in [-0.2, -0.15) is 0 Å². The number of thiophene rings is 1. The molecule has 2 amide bonds. The Bertz CT molecular complexity index is 1000. The van der Waals surface area contributed by atoms with E-state index in [-0.39, 0.29) is 23.6 Å². The van der Waals surface area contributed by atoms with Crippen molar-refractivity contribution in [2.45, 2.75) is 58.0 Å². The Morgan fingerprint density at radius 2 is 1.93 bits per heavy atom. The van der Waals surface area contributed by atoms with Crippen LogP contribution in [0.5, 0.6) is 5.75 Å². The number of phenols is 1. The van der Waals surface area contributed by atoms with E-state index in [2.05, 4.69) is 21.5 Å². The number of hydrogen-bond donors (Lipinski definition) is 5. The van der Waals surface area contributed by atoms with Crippen molar-refractivity contribution in [2.24, 2.45) is 0 Å². The van der Waals surface area contributed by atoms with Crippen molar-refractivity contribution in [3.63, 3.8) is 0 Å². The van der Waals surface area contributed by atoms with Crippen molar-refractivity contribution in [3.05, 3.63) is 44.8 Å². The first-order valence-electron chi connectivity index (χ1n) is 10.4. The van der Waals surface area contributed by atoms with Crippen molar-refractivity contribution in [1.82, 2.24) is 16.2 Å². The van der Waals surface area contributed by atoms with Gasteiger partial charge in [0.25, 0.3) is 5.91 Å². The van der Waals surface area contributed by atoms with E-state index in [9.17, 15) is 14.7 Å². The highest BCUT2D eigenvalue weighted by molar-refractivity contribution is 7.17. The van der Waals surface area contributed by atoms with Gasteiger partial charge in [-0.25, -0.2) is 10.9 Å². The lowest BCUT2D eigenvalue weighted by Crippen LogP contribution is -2.39. The number of benzene rings is 1. The lowest BCUT2D eigenvalue weighted by Gasteiger charge is -2.15. The van der Waals surface area contributed by atoms with Gasteiger partial charge in [0, 0.05) is 17.5 Å². The van der Waals surface area contributed by atoms with Gasteiger partial charge in [-0.3, -0.25) is 9.59 Å². The highest BCUT2D eigenvalue weighted by Crippen LogP contribution is 2.39. The first-order chi connectivity index (χ1) is 14.4. The standard InChI is InChI=1S/C22H28N4O3S/c1-11-8-12(2)19(27)14(9-11)15-10-16(26-25-15)20(28)24-22-18(21(29)23-3)13-6-4-5-7-17(13)30-22/h8-9,15-16,25-27H,4-7,10H2,1-3H3,(H,23,29)(H,24,28). The zero-order chi connectivity index (χ0) is 21.4. The van der Waals surface area contributed by atoms with Crippen LogP contribution in [0.3, 0.4) is 0 Å². The molecular formula is C22H28N4O3S. The zero-order valence-electron chi connectivity index (χ0n) is 17.5. The lowest BCUT2D eigenvalue weighted by molar-refractivity contribution is -0.117. The summed E-state index contributed by atoms with van der Waals surface area (Å²) in [6.07, 6.45) is 4.52. The molecule has 2 unspecified atom stereocenters. The highest BCUT2D eigenvalue weighted by atomic mass is 32.1. The van der Waals surface area contributed by atoms with Crippen LogP contribution in [-0.4, -0.2) is 30.0 Å². The smallest absolute Gasteiger partial charge is 0.254 e. The molecule has 1 fully saturated rings. The molecule has 2 aromatic rings. The summed E-state index contributed by atoms with van der Waals surface area (Å²) < 4.78 is 0. The third kappa shape index (κ3) is 3.82. The SMILES string of the molecule is CNC(=O)c1c(NC(=O)C2CC(c3cc(C)cc(C)c3O)NN2)sc2c1CCCC2. The largest absolute Gasteiger partial charge is 0.507 e. The van der Waals surface area contributed by atoms with E-state index in [1.54, 1.807) is 7.05 Å². The van der Waals surface area contributed by atoms with Crippen LogP contribution in [0.15, 0.2) is 12.1 Å². The van der Waals surface area contributed by atoms with E-state index in [1.807, 2.05) is 26.0 Å². The summed E-state index contributed by atoms with van der Waals surface area (Å²) in [5.41, 5.74) is 10.5. The average Bonchev–Trinajstić information content (AvgIpc) is 3.35. The Balaban J connectivity index is 1.52. The van der Waals surface area contributed by atoms with Crippen LogP contribution in [-0.2, 0) is 17.6 Å². The van der Waals surface area contributed by atoms with Gasteiger partial charge in [0.1, 0.15) is 16.8 Å². The van der Waals surface area contributed by atoms with Crippen LogP contribution in [0.25, 0.3) is 0 Å². The van der Waals surface area contributed by atoms with Crippen LogP contribution in [0, 0.1) is 13.8 Å². The third-order valence-electron chi connectivity index (χ3n) is 5.93. The predicted octanol–water partition coefficient (Wildman–Crippen LogP) is 2.86. The number of phenolic OH excluding ortho intramolecular Hbond substituents is 1. The first kappa shape index (κ1) is 20.8. The number of fused-ring (bicyclic) bond motifs is 1. The fourth-order valence-electron chi connectivity index (χ4n) is 4.41. The first-order valence-corrected chi connectivity index (χ1v) is 11.2. The molecule has 5 N–H and O–H groups in total. The number of hydrazine groups is 1. The van der Waals surface area contributed by atoms with Crippen molar-refractivity contribution in [1.29, 1.82) is 0 Å². The van der Waals surface area contributed by atoms with E-state index in [0.717, 1.165) is 47.9 Å². The normalized spacial score (nSPS) is 20.6. The van der Waals surface area contributed by atoms with E-state index in [1.165, 1.54) is 16.2 Å². The molecule has 1 aliphatic heterocycles. The van der Waals surface area contributed by atoms with Gasteiger partial charge in [-0.1, -0.05) is 17.7 Å². The highest BCUT2D eigenvalue weighted by Gasteiger charge is 2.33. The maximum Gasteiger partial charge on any atom is 0.254 e. The second kappa shape index (κ2) is 8.37. The Morgan fingerprint density at radius 1 is 1.17 bits per heavy atom. The molecule has 0 saturated carbocycles. The van der Waals surface area contributed by atoms with Crippen LogP contribution in [0.1, 0.15) is 62.8 Å². The predicted molar refractivity (Wildman–Crippen MR) is 118 cm³/mol. The molecule has 1 saturated heterocycles. The molecule has 4 rings (SSSR count). The summed E-state index contributed by atoms with van der Waals surface area (Å²) in [7, 11) is 1.62. The topological polar surface area (TPSA) is 102 Å². The van der Waals surface area contributed by atoms with Gasteiger partial charge >= 0.3 is 0 Å². The van der Waals surface area contributed by atoms with Crippen LogP contribution in [0.2, 0.25) is 0 Å². The molecule has 2 atom stereocenters. The molecule has 0 spiro atoms. The third-order valence-corrected chi connectivity index (χ3v) is 7.14. The maximum absolute atomic E-state index is 13.0. The number of aryl methyl sites for hydroxylation is 3. The molecule has 1 aromatic heterocycles. The Labute approximate surface area is 180 Å². The molecule has 1 aromatic carbocycles. The number of carbonyl (C=O) groups excluding carboxylic acids is 2. The molecule has 1 aliphatic carbocycles. The summed E-state index contributed by atoms with van der Waals surface area (Å²) >= 11 is 1.52. The summed E-state index contributed by atoms with van der Waals surface area (Å²) in [5, 5.41) is 16.8. The van der Waals surface area contributed by atoms with Crippen molar-refractivity contribution < 1.29 is 14.7 Å². The molecule has 7 nitrogen and oxygen atoms in total. The Kier molecular flexibility index (Phi) is 5.81. The van der Waals surface area contributed by atoms with Gasteiger partial charge < -0.3 is 15.7 Å². The number of rotatable bonds is 4. The quantitative estimate of drug-likeness (QED) is 0.515. The maximum atomic E-state index is 13.0. The van der Waals surface area contributed by atoms with Gasteiger partial charge in [0.05, 0.1) is 11.6 Å². The molecule has 2 heterocycles. The number of anilines is 1. The molecule has 30 heavy (non-hydrogen) atoms. The van der Waals surface area contributed by atoms with Crippen molar-refractivity contribution >= 4 is 28.2 Å². The molecule has 0 bridgehead atoms. The van der Waals surface area contributed by atoms with E-state index in [4.69, 9.17) is 0 Å². The van der Waals surface area contributed by atoms with E-state index >= 15 is 0 Å². The molecule has 160 valence electrons. The van der Waals surface area contributed by atoms with Gasteiger partial charge in [-0.15, -0.1) is 11.3 Å². The fourth-order valence-corrected chi connectivity index (χ4v) is 5.70. The number of carbonyl (C=O) groups is 2. The summed E-state index contributed by atoms with van der Waals surface area (Å²) in [5.74, 6) is -0.0772. The van der Waals surface area contributed by atoms with Gasteiger partial charge in [-0.05, 0) is 57.1 Å². The number of hydrogen-bond acceptors (Lipinski definition) is 6. The summed E-state index contributed by atoms with van der Waals surface area (Å²) in [4.78, 5) is 26.7. The lowest BCUT2D eigenvalue weighted by atomic mass is 9.95. The Morgan fingerprint density at radius 3 is 2.70 bits per heavy atom. The Hall–Kier alpha value is -2.42. The summed E-state index contributed by atoms with van der Waals surface area (Å²) in [6.45, 7) is 3.86. The molecule has 8 heteroatoms. The van der Waals surface area contributed by atoms with Crippen LogP contribution >= 0.6 is 11.3 Å². The fraction of sp³-hybridized carbons (Fsp3) is 0.455. The second-order valence-electron chi connectivity index (χ2n) is 8.13. The van der Waals surface area contributed by atoms with Crippen molar-refractivity contribution in [3.8, 4) is 5.75 Å². The number of aromatic hydroxyl groups is 1. The van der Waals surface area contributed by atoms with Crippen molar-refractivity contribution in [2.75, 3.05) is 12.4 Å². The average molecular weight is 429 g/mol. The minimum atomic E-state index is -0.466. The monoisotopic (exact) mass is 428 g/mol. The van der Waals surface area contributed by atoms with E-state index < -0.39 is 6.04 Å². The zero-order valence-corrected chi connectivity index (χ0v) is 18.3. The molecule has 0 radical (unpaired) electrons. The minimum absolute atomic E-state index is 0.153. The molecule has 2 aliphatic rings. The molecular weight excluding hydrogens is 400 g/mol. The van der Waals surface area contributed by atoms with Gasteiger partial charge in [0.2, 0.25) is 5.91 Å². The van der Waals surface area contributed by atoms with Gasteiger partial charge in [0.15, 0.2) is 0 Å². The van der Waals surface area contributed by atoms with Crippen LogP contribution < -0.4 is 21.5 Å². The number of nitrogens with one attached hydrogen (secondary N) is 4. The number of amides is 2. The summed E-state index contributed by atoms with van der Waals surface area (Å²) in [6, 6.07) is 3.24. The second-order valence-corrected chi connectivity index (χ2v) is 9.24. The minimum Gasteiger partial charge on any atom is -0.507 e.